The van der Waals surface area contributed by atoms with E-state index in [1.165, 1.54) is 16.9 Å². The molecule has 2 rings (SSSR count). The van der Waals surface area contributed by atoms with Gasteiger partial charge in [0.1, 0.15) is 17.4 Å². The maximum atomic E-state index is 11.9. The summed E-state index contributed by atoms with van der Waals surface area (Å²) in [5, 5.41) is 13.7. The van der Waals surface area contributed by atoms with Crippen LogP contribution in [0, 0.1) is 13.8 Å². The first-order valence-corrected chi connectivity index (χ1v) is 8.44. The molecule has 1 aromatic carbocycles. The third-order valence-electron chi connectivity index (χ3n) is 3.26. The molecule has 7 heteroatoms. The van der Waals surface area contributed by atoms with E-state index in [0.717, 1.165) is 11.3 Å². The Hall–Kier alpha value is -2.41. The number of benzene rings is 1. The highest BCUT2D eigenvalue weighted by atomic mass is 32.1. The summed E-state index contributed by atoms with van der Waals surface area (Å²) >= 11 is 1.29. The molecule has 2 aromatic rings. The lowest BCUT2D eigenvalue weighted by molar-refractivity contribution is -0.136. The maximum Gasteiger partial charge on any atom is 0.309 e. The Balaban J connectivity index is 1.71. The Kier molecular flexibility index (Phi) is 6.31. The van der Waals surface area contributed by atoms with Crippen molar-refractivity contribution in [1.82, 2.24) is 10.3 Å². The fraction of sp³-hybridized carbons (Fsp3) is 0.353. The van der Waals surface area contributed by atoms with E-state index in [0.29, 0.717) is 23.9 Å². The van der Waals surface area contributed by atoms with Gasteiger partial charge in [-0.25, -0.2) is 4.98 Å². The third kappa shape index (κ3) is 5.66. The number of carboxylic acid groups (broad SMARTS) is 1. The summed E-state index contributed by atoms with van der Waals surface area (Å²) in [5.41, 5.74) is 2.72. The number of aromatic nitrogens is 1. The highest BCUT2D eigenvalue weighted by Gasteiger charge is 2.10. The number of carboxylic acids is 1. The van der Waals surface area contributed by atoms with E-state index in [1.54, 1.807) is 5.38 Å². The SMILES string of the molecule is Cc1ccc(OCCNC(=O)Cc2nc(CC(=O)O)cs2)c(C)c1. The van der Waals surface area contributed by atoms with Crippen molar-refractivity contribution in [1.29, 1.82) is 0 Å². The van der Waals surface area contributed by atoms with Gasteiger partial charge in [0.05, 0.1) is 25.1 Å². The Labute approximate surface area is 144 Å². The molecule has 0 saturated heterocycles. The minimum absolute atomic E-state index is 0.123. The predicted octanol–water partition coefficient (Wildman–Crippen LogP) is 2.12. The average Bonchev–Trinajstić information content (AvgIpc) is 2.91. The molecule has 0 aliphatic rings. The van der Waals surface area contributed by atoms with Gasteiger partial charge < -0.3 is 15.2 Å². The summed E-state index contributed by atoms with van der Waals surface area (Å²) in [6.45, 7) is 4.80. The molecule has 0 saturated carbocycles. The summed E-state index contributed by atoms with van der Waals surface area (Å²) in [6.07, 6.45) is 0.0235. The second kappa shape index (κ2) is 8.44. The molecule has 24 heavy (non-hydrogen) atoms. The van der Waals surface area contributed by atoms with Crippen molar-refractivity contribution in [2.45, 2.75) is 26.7 Å². The first kappa shape index (κ1) is 17.9. The van der Waals surface area contributed by atoms with E-state index < -0.39 is 5.97 Å². The highest BCUT2D eigenvalue weighted by molar-refractivity contribution is 7.09. The molecule has 128 valence electrons. The maximum absolute atomic E-state index is 11.9. The number of hydrogen-bond donors (Lipinski definition) is 2. The number of ether oxygens (including phenoxy) is 1. The highest BCUT2D eigenvalue weighted by Crippen LogP contribution is 2.18. The molecule has 0 radical (unpaired) electrons. The zero-order chi connectivity index (χ0) is 17.5. The summed E-state index contributed by atoms with van der Waals surface area (Å²) in [6, 6.07) is 5.95. The summed E-state index contributed by atoms with van der Waals surface area (Å²) < 4.78 is 5.65. The second-order valence-corrected chi connectivity index (χ2v) is 6.39. The number of carbonyl (C=O) groups is 2. The molecule has 0 aliphatic carbocycles. The Morgan fingerprint density at radius 3 is 2.79 bits per heavy atom. The molecular weight excluding hydrogens is 328 g/mol. The van der Waals surface area contributed by atoms with E-state index in [1.807, 2.05) is 32.0 Å². The standard InChI is InChI=1S/C17H20N2O4S/c1-11-3-4-14(12(2)7-11)23-6-5-18-15(20)9-16-19-13(10-24-16)8-17(21)22/h3-4,7,10H,5-6,8-9H2,1-2H3,(H,18,20)(H,21,22). The molecular formula is C17H20N2O4S. The zero-order valence-electron chi connectivity index (χ0n) is 13.7. The predicted molar refractivity (Wildman–Crippen MR) is 91.6 cm³/mol. The fourth-order valence-corrected chi connectivity index (χ4v) is 2.97. The van der Waals surface area contributed by atoms with Crippen LogP contribution in [0.2, 0.25) is 0 Å². The van der Waals surface area contributed by atoms with Gasteiger partial charge in [-0.3, -0.25) is 9.59 Å². The molecule has 0 unspecified atom stereocenters. The van der Waals surface area contributed by atoms with Crippen LogP contribution in [0.25, 0.3) is 0 Å². The average molecular weight is 348 g/mol. The molecule has 0 aliphatic heterocycles. The fourth-order valence-electron chi connectivity index (χ4n) is 2.18. The first-order chi connectivity index (χ1) is 11.4. The smallest absolute Gasteiger partial charge is 0.309 e. The van der Waals surface area contributed by atoms with Crippen molar-refractivity contribution < 1.29 is 19.4 Å². The van der Waals surface area contributed by atoms with Gasteiger partial charge in [0.15, 0.2) is 0 Å². The van der Waals surface area contributed by atoms with Crippen LogP contribution < -0.4 is 10.1 Å². The van der Waals surface area contributed by atoms with Crippen molar-refractivity contribution in [3.05, 3.63) is 45.4 Å². The largest absolute Gasteiger partial charge is 0.491 e. The van der Waals surface area contributed by atoms with Gasteiger partial charge in [-0.1, -0.05) is 17.7 Å². The van der Waals surface area contributed by atoms with Crippen LogP contribution in [0.5, 0.6) is 5.75 Å². The van der Waals surface area contributed by atoms with Crippen molar-refractivity contribution >= 4 is 23.2 Å². The lowest BCUT2D eigenvalue weighted by atomic mass is 10.1. The quantitative estimate of drug-likeness (QED) is 0.714. The first-order valence-electron chi connectivity index (χ1n) is 7.56. The van der Waals surface area contributed by atoms with Crippen LogP contribution in [-0.2, 0) is 22.4 Å². The summed E-state index contributed by atoms with van der Waals surface area (Å²) in [7, 11) is 0. The second-order valence-electron chi connectivity index (χ2n) is 5.45. The minimum atomic E-state index is -0.931. The third-order valence-corrected chi connectivity index (χ3v) is 4.15. The molecule has 1 aromatic heterocycles. The number of rotatable bonds is 8. The van der Waals surface area contributed by atoms with Crippen LogP contribution in [0.4, 0.5) is 0 Å². The van der Waals surface area contributed by atoms with E-state index >= 15 is 0 Å². The van der Waals surface area contributed by atoms with E-state index in [4.69, 9.17) is 9.84 Å². The number of hydrogen-bond acceptors (Lipinski definition) is 5. The molecule has 0 spiro atoms. The molecule has 0 atom stereocenters. The van der Waals surface area contributed by atoms with Crippen molar-refractivity contribution in [2.24, 2.45) is 0 Å². The van der Waals surface area contributed by atoms with Crippen LogP contribution in [0.1, 0.15) is 21.8 Å². The Morgan fingerprint density at radius 2 is 2.08 bits per heavy atom. The van der Waals surface area contributed by atoms with Crippen molar-refractivity contribution in [3.63, 3.8) is 0 Å². The normalized spacial score (nSPS) is 10.4. The van der Waals surface area contributed by atoms with Gasteiger partial charge in [-0.05, 0) is 25.5 Å². The number of amides is 1. The van der Waals surface area contributed by atoms with Gasteiger partial charge in [0, 0.05) is 5.38 Å². The van der Waals surface area contributed by atoms with Crippen LogP contribution in [0.15, 0.2) is 23.6 Å². The molecule has 0 bridgehead atoms. The zero-order valence-corrected chi connectivity index (χ0v) is 14.5. The number of aryl methyl sites for hydroxylation is 2. The molecule has 0 fully saturated rings. The van der Waals surface area contributed by atoms with Gasteiger partial charge >= 0.3 is 5.97 Å². The lowest BCUT2D eigenvalue weighted by Gasteiger charge is -2.10. The minimum Gasteiger partial charge on any atom is -0.491 e. The lowest BCUT2D eigenvalue weighted by Crippen LogP contribution is -2.29. The van der Waals surface area contributed by atoms with Gasteiger partial charge in [0.25, 0.3) is 0 Å². The number of carbonyl (C=O) groups excluding carboxylic acids is 1. The number of nitrogens with one attached hydrogen (secondary N) is 1. The molecule has 1 amide bonds. The summed E-state index contributed by atoms with van der Waals surface area (Å²) in [4.78, 5) is 26.6. The van der Waals surface area contributed by atoms with E-state index in [-0.39, 0.29) is 18.7 Å². The van der Waals surface area contributed by atoms with Gasteiger partial charge in [-0.2, -0.15) is 0 Å². The number of thiazole rings is 1. The topological polar surface area (TPSA) is 88.5 Å². The Morgan fingerprint density at radius 1 is 1.29 bits per heavy atom. The molecule has 2 N–H and O–H groups in total. The molecule has 6 nitrogen and oxygen atoms in total. The number of nitrogens with zero attached hydrogens (tertiary/aromatic N) is 1. The van der Waals surface area contributed by atoms with Gasteiger partial charge in [-0.15, -0.1) is 11.3 Å². The van der Waals surface area contributed by atoms with Crippen LogP contribution >= 0.6 is 11.3 Å². The van der Waals surface area contributed by atoms with Crippen molar-refractivity contribution in [3.8, 4) is 5.75 Å². The van der Waals surface area contributed by atoms with E-state index in [2.05, 4.69) is 10.3 Å². The molecule has 1 heterocycles. The van der Waals surface area contributed by atoms with Crippen LogP contribution in [-0.4, -0.2) is 35.1 Å². The van der Waals surface area contributed by atoms with Crippen molar-refractivity contribution in [2.75, 3.05) is 13.2 Å². The van der Waals surface area contributed by atoms with Gasteiger partial charge in [0.2, 0.25) is 5.91 Å². The monoisotopic (exact) mass is 348 g/mol. The Bertz CT molecular complexity index is 727. The summed E-state index contributed by atoms with van der Waals surface area (Å²) in [5.74, 6) is -0.275. The van der Waals surface area contributed by atoms with Crippen LogP contribution in [0.3, 0.4) is 0 Å². The van der Waals surface area contributed by atoms with E-state index in [9.17, 15) is 9.59 Å². The number of aliphatic carboxylic acids is 1.